The Bertz CT molecular complexity index is 535. The predicted molar refractivity (Wildman–Crippen MR) is 90.9 cm³/mol. The summed E-state index contributed by atoms with van der Waals surface area (Å²) >= 11 is 0. The second-order valence-electron chi connectivity index (χ2n) is 9.28. The lowest BCUT2D eigenvalue weighted by Gasteiger charge is -2.60. The summed E-state index contributed by atoms with van der Waals surface area (Å²) in [5.41, 5.74) is 1.16. The molecule has 0 amide bonds. The first kappa shape index (κ1) is 17.2. The highest BCUT2D eigenvalue weighted by Crippen LogP contribution is 2.63. The second-order valence-corrected chi connectivity index (χ2v) is 9.28. The molecule has 3 aliphatic rings. The van der Waals surface area contributed by atoms with Crippen LogP contribution in [0.25, 0.3) is 0 Å². The zero-order chi connectivity index (χ0) is 17.0. The molecule has 0 spiro atoms. The van der Waals surface area contributed by atoms with Gasteiger partial charge in [0.25, 0.3) is 0 Å². The lowest BCUT2D eigenvalue weighted by Crippen LogP contribution is -2.55. The van der Waals surface area contributed by atoms with E-state index in [1.54, 1.807) is 0 Å². The number of allylic oxidation sites excluding steroid dienone is 2. The maximum Gasteiger partial charge on any atom is 0.167 e. The van der Waals surface area contributed by atoms with E-state index in [1.165, 1.54) is 5.57 Å². The lowest BCUT2D eigenvalue weighted by atomic mass is 9.45. The molecule has 0 aromatic carbocycles. The SMILES string of the molecule is CC1(C)C(O)CC[C@]2(C)[C@H]3CC[C@@](C)(C(=O)CO)C=C3CC[C@@H]12. The molecule has 0 aliphatic heterocycles. The number of hydrogen-bond donors (Lipinski definition) is 2. The minimum Gasteiger partial charge on any atom is -0.393 e. The predicted octanol–water partition coefficient (Wildman–Crippen LogP) is 3.49. The van der Waals surface area contributed by atoms with Crippen LogP contribution < -0.4 is 0 Å². The van der Waals surface area contributed by atoms with Crippen molar-refractivity contribution in [2.24, 2.45) is 28.1 Å². The van der Waals surface area contributed by atoms with E-state index in [-0.39, 0.29) is 29.3 Å². The third kappa shape index (κ3) is 2.42. The third-order valence-electron chi connectivity index (χ3n) is 7.71. The van der Waals surface area contributed by atoms with E-state index in [0.29, 0.717) is 11.8 Å². The summed E-state index contributed by atoms with van der Waals surface area (Å²) in [6.45, 7) is 8.51. The highest BCUT2D eigenvalue weighted by Gasteiger charge is 2.57. The van der Waals surface area contributed by atoms with E-state index in [1.807, 2.05) is 6.92 Å². The van der Waals surface area contributed by atoms with Crippen molar-refractivity contribution in [3.8, 4) is 0 Å². The van der Waals surface area contributed by atoms with Crippen molar-refractivity contribution < 1.29 is 15.0 Å². The average Bonchev–Trinajstić information content (AvgIpc) is 2.50. The molecule has 3 aliphatic carbocycles. The summed E-state index contributed by atoms with van der Waals surface area (Å²) in [6, 6.07) is 0. The van der Waals surface area contributed by atoms with Gasteiger partial charge in [-0.05, 0) is 68.1 Å². The minimum atomic E-state index is -0.479. The molecule has 3 heteroatoms. The number of carbonyl (C=O) groups is 1. The number of hydrogen-bond acceptors (Lipinski definition) is 3. The largest absolute Gasteiger partial charge is 0.393 e. The van der Waals surface area contributed by atoms with Crippen LogP contribution in [0.1, 0.15) is 66.2 Å². The van der Waals surface area contributed by atoms with Gasteiger partial charge in [0, 0.05) is 5.41 Å². The molecule has 5 atom stereocenters. The number of Topliss-reactive ketones (excluding diaryl/α,β-unsaturated/α-hetero) is 1. The molecular weight excluding hydrogens is 288 g/mol. The summed E-state index contributed by atoms with van der Waals surface area (Å²) in [7, 11) is 0. The smallest absolute Gasteiger partial charge is 0.167 e. The Kier molecular flexibility index (Phi) is 4.04. The molecule has 2 saturated carbocycles. The first-order valence-corrected chi connectivity index (χ1v) is 9.19. The van der Waals surface area contributed by atoms with Crippen LogP contribution in [-0.4, -0.2) is 28.7 Å². The fraction of sp³-hybridized carbons (Fsp3) is 0.850. The van der Waals surface area contributed by atoms with E-state index in [4.69, 9.17) is 0 Å². The normalized spacial score (nSPS) is 45.7. The van der Waals surface area contributed by atoms with Gasteiger partial charge in [-0.3, -0.25) is 4.79 Å². The first-order valence-electron chi connectivity index (χ1n) is 9.19. The van der Waals surface area contributed by atoms with Gasteiger partial charge in [0.2, 0.25) is 0 Å². The molecule has 0 heterocycles. The van der Waals surface area contributed by atoms with E-state index in [0.717, 1.165) is 38.5 Å². The quantitative estimate of drug-likeness (QED) is 0.766. The number of aliphatic hydroxyl groups is 2. The molecule has 2 N–H and O–H groups in total. The van der Waals surface area contributed by atoms with Crippen molar-refractivity contribution in [1.82, 2.24) is 0 Å². The van der Waals surface area contributed by atoms with Crippen molar-refractivity contribution in [1.29, 1.82) is 0 Å². The van der Waals surface area contributed by atoms with Gasteiger partial charge >= 0.3 is 0 Å². The molecule has 0 radical (unpaired) electrons. The number of fused-ring (bicyclic) bond motifs is 3. The number of carbonyl (C=O) groups excluding carboxylic acids is 1. The Balaban J connectivity index is 1.95. The van der Waals surface area contributed by atoms with Crippen LogP contribution in [0.15, 0.2) is 11.6 Å². The minimum absolute atomic E-state index is 0.0276. The van der Waals surface area contributed by atoms with Gasteiger partial charge in [0.15, 0.2) is 5.78 Å². The zero-order valence-corrected chi connectivity index (χ0v) is 15.1. The van der Waals surface area contributed by atoms with E-state index >= 15 is 0 Å². The van der Waals surface area contributed by atoms with E-state index in [9.17, 15) is 15.0 Å². The molecule has 0 saturated heterocycles. The van der Waals surface area contributed by atoms with Crippen LogP contribution in [0, 0.1) is 28.1 Å². The van der Waals surface area contributed by atoms with Gasteiger partial charge < -0.3 is 10.2 Å². The van der Waals surface area contributed by atoms with Crippen LogP contribution in [0.4, 0.5) is 0 Å². The Morgan fingerprint density at radius 1 is 1.17 bits per heavy atom. The Morgan fingerprint density at radius 3 is 2.52 bits per heavy atom. The van der Waals surface area contributed by atoms with Gasteiger partial charge in [-0.25, -0.2) is 0 Å². The first-order chi connectivity index (χ1) is 10.6. The number of aliphatic hydroxyl groups excluding tert-OH is 2. The molecule has 3 rings (SSSR count). The third-order valence-corrected chi connectivity index (χ3v) is 7.71. The number of rotatable bonds is 2. The molecule has 3 nitrogen and oxygen atoms in total. The maximum absolute atomic E-state index is 12.1. The van der Waals surface area contributed by atoms with Crippen molar-refractivity contribution in [3.63, 3.8) is 0 Å². The summed E-state index contributed by atoms with van der Waals surface area (Å²) in [5, 5.41) is 19.8. The topological polar surface area (TPSA) is 57.5 Å². The standard InChI is InChI=1S/C20H32O3/c1-18(2)15-6-5-13-11-19(3,17(23)12-21)9-7-14(13)20(15,4)10-8-16(18)22/h11,14-16,21-22H,5-10,12H2,1-4H3/t14-,15-,16?,19+,20+/m0/s1. The molecular formula is C20H32O3. The Hall–Kier alpha value is -0.670. The van der Waals surface area contributed by atoms with E-state index < -0.39 is 5.41 Å². The number of ketones is 1. The van der Waals surface area contributed by atoms with Crippen LogP contribution in [0.3, 0.4) is 0 Å². The Morgan fingerprint density at radius 2 is 1.87 bits per heavy atom. The summed E-state index contributed by atoms with van der Waals surface area (Å²) < 4.78 is 0. The van der Waals surface area contributed by atoms with Crippen LogP contribution in [-0.2, 0) is 4.79 Å². The van der Waals surface area contributed by atoms with Crippen molar-refractivity contribution in [3.05, 3.63) is 11.6 Å². The van der Waals surface area contributed by atoms with Gasteiger partial charge in [0.1, 0.15) is 6.61 Å². The molecule has 23 heavy (non-hydrogen) atoms. The molecule has 130 valence electrons. The van der Waals surface area contributed by atoms with Crippen molar-refractivity contribution in [2.45, 2.75) is 72.3 Å². The lowest BCUT2D eigenvalue weighted by molar-refractivity contribution is -0.135. The van der Waals surface area contributed by atoms with Crippen molar-refractivity contribution in [2.75, 3.05) is 6.61 Å². The van der Waals surface area contributed by atoms with Crippen LogP contribution in [0.5, 0.6) is 0 Å². The van der Waals surface area contributed by atoms with Gasteiger partial charge in [-0.15, -0.1) is 0 Å². The Labute approximate surface area is 140 Å². The fourth-order valence-corrected chi connectivity index (χ4v) is 6.12. The fourth-order valence-electron chi connectivity index (χ4n) is 6.12. The molecule has 2 fully saturated rings. The molecule has 0 aromatic rings. The second kappa shape index (κ2) is 5.42. The molecule has 1 unspecified atom stereocenters. The van der Waals surface area contributed by atoms with E-state index in [2.05, 4.69) is 26.8 Å². The zero-order valence-electron chi connectivity index (χ0n) is 15.1. The summed E-state index contributed by atoms with van der Waals surface area (Å²) in [6.07, 6.45) is 7.97. The van der Waals surface area contributed by atoms with Crippen LogP contribution >= 0.6 is 0 Å². The van der Waals surface area contributed by atoms with Crippen LogP contribution in [0.2, 0.25) is 0 Å². The highest BCUT2D eigenvalue weighted by molar-refractivity contribution is 5.87. The van der Waals surface area contributed by atoms with Gasteiger partial charge in [-0.2, -0.15) is 0 Å². The maximum atomic E-state index is 12.1. The van der Waals surface area contributed by atoms with Gasteiger partial charge in [-0.1, -0.05) is 32.4 Å². The highest BCUT2D eigenvalue weighted by atomic mass is 16.3. The van der Waals surface area contributed by atoms with Gasteiger partial charge in [0.05, 0.1) is 6.10 Å². The average molecular weight is 320 g/mol. The van der Waals surface area contributed by atoms with Crippen molar-refractivity contribution >= 4 is 5.78 Å². The summed E-state index contributed by atoms with van der Waals surface area (Å²) in [4.78, 5) is 12.1. The molecule has 0 aromatic heterocycles. The molecule has 0 bridgehead atoms. The summed E-state index contributed by atoms with van der Waals surface area (Å²) in [5.74, 6) is 1.03. The monoisotopic (exact) mass is 320 g/mol.